The SMILES string of the molecule is O=C(c1nnc(-c2ccn(C(F)F)n2)o1)N1CCc2[nH]cnc2[C@@H]1c1cc2c(F)cccn2n1. The minimum absolute atomic E-state index is 0.00691. The normalized spacial score (nSPS) is 15.9. The molecule has 34 heavy (non-hydrogen) atoms. The molecule has 172 valence electrons. The Balaban J connectivity index is 1.37. The third kappa shape index (κ3) is 3.14. The summed E-state index contributed by atoms with van der Waals surface area (Å²) in [6.07, 6.45) is 4.67. The number of aromatic nitrogens is 8. The first-order valence-corrected chi connectivity index (χ1v) is 10.1. The summed E-state index contributed by atoms with van der Waals surface area (Å²) in [6, 6.07) is 4.94. The van der Waals surface area contributed by atoms with Gasteiger partial charge in [0, 0.05) is 31.1 Å². The molecule has 0 aliphatic carbocycles. The van der Waals surface area contributed by atoms with Gasteiger partial charge in [-0.05, 0) is 24.3 Å². The van der Waals surface area contributed by atoms with Gasteiger partial charge in [-0.3, -0.25) is 4.79 Å². The number of alkyl halides is 2. The van der Waals surface area contributed by atoms with Gasteiger partial charge < -0.3 is 14.3 Å². The first-order chi connectivity index (χ1) is 16.5. The smallest absolute Gasteiger partial charge is 0.333 e. The van der Waals surface area contributed by atoms with E-state index in [9.17, 15) is 18.0 Å². The van der Waals surface area contributed by atoms with Crippen LogP contribution in [-0.4, -0.2) is 56.9 Å². The van der Waals surface area contributed by atoms with Gasteiger partial charge in [0.05, 0.1) is 17.7 Å². The Morgan fingerprint density at radius 2 is 2.09 bits per heavy atom. The molecular formula is C20H14F3N9O2. The van der Waals surface area contributed by atoms with Gasteiger partial charge in [-0.15, -0.1) is 10.2 Å². The molecule has 14 heteroatoms. The van der Waals surface area contributed by atoms with Gasteiger partial charge in [-0.1, -0.05) is 0 Å². The van der Waals surface area contributed by atoms with Crippen LogP contribution in [0.25, 0.3) is 17.1 Å². The van der Waals surface area contributed by atoms with E-state index >= 15 is 0 Å². The Hall–Kier alpha value is -4.49. The fraction of sp³-hybridized carbons (Fsp3) is 0.200. The topological polar surface area (TPSA) is 123 Å². The molecule has 1 aliphatic heterocycles. The van der Waals surface area contributed by atoms with Crippen LogP contribution in [0.1, 0.15) is 40.4 Å². The number of hydrogen-bond donors (Lipinski definition) is 1. The summed E-state index contributed by atoms with van der Waals surface area (Å²) in [5, 5.41) is 15.7. The highest BCUT2D eigenvalue weighted by Gasteiger charge is 2.38. The first kappa shape index (κ1) is 20.1. The van der Waals surface area contributed by atoms with Crippen LogP contribution in [0.5, 0.6) is 0 Å². The van der Waals surface area contributed by atoms with Crippen molar-refractivity contribution >= 4 is 11.4 Å². The van der Waals surface area contributed by atoms with Gasteiger partial charge >= 0.3 is 18.3 Å². The largest absolute Gasteiger partial charge is 0.411 e. The second-order valence-corrected chi connectivity index (χ2v) is 7.54. The van der Waals surface area contributed by atoms with E-state index < -0.39 is 24.3 Å². The number of carbonyl (C=O) groups is 1. The highest BCUT2D eigenvalue weighted by Crippen LogP contribution is 2.34. The summed E-state index contributed by atoms with van der Waals surface area (Å²) in [5.74, 6) is -1.59. The van der Waals surface area contributed by atoms with Crippen molar-refractivity contribution in [1.29, 1.82) is 0 Å². The Bertz CT molecular complexity index is 1520. The fourth-order valence-corrected chi connectivity index (χ4v) is 4.03. The standard InChI is InChI=1S/C20H14F3N9O2/c21-10-2-1-5-31-14(10)8-13(29-31)16-15-11(24-9-25-15)3-6-30(16)19(33)18-27-26-17(34-18)12-4-7-32(28-12)20(22)23/h1-2,4-5,7-9,16,20H,3,6H2,(H,24,25)/t16-/m0/s1. The van der Waals surface area contributed by atoms with E-state index in [1.54, 1.807) is 12.3 Å². The Labute approximate surface area is 187 Å². The fourth-order valence-electron chi connectivity index (χ4n) is 4.03. The van der Waals surface area contributed by atoms with Crippen LogP contribution in [0, 0.1) is 5.82 Å². The second-order valence-electron chi connectivity index (χ2n) is 7.54. The number of carbonyl (C=O) groups excluding carboxylic acids is 1. The molecular weight excluding hydrogens is 455 g/mol. The molecule has 0 radical (unpaired) electrons. The zero-order valence-corrected chi connectivity index (χ0v) is 17.1. The third-order valence-corrected chi connectivity index (χ3v) is 5.57. The van der Waals surface area contributed by atoms with Crippen molar-refractivity contribution in [1.82, 2.24) is 44.5 Å². The monoisotopic (exact) mass is 469 g/mol. The van der Waals surface area contributed by atoms with E-state index in [4.69, 9.17) is 4.42 Å². The molecule has 6 heterocycles. The molecule has 11 nitrogen and oxygen atoms in total. The van der Waals surface area contributed by atoms with Gasteiger partial charge in [0.25, 0.3) is 5.89 Å². The van der Waals surface area contributed by atoms with Crippen molar-refractivity contribution in [2.24, 2.45) is 0 Å². The van der Waals surface area contributed by atoms with Crippen molar-refractivity contribution in [2.45, 2.75) is 19.0 Å². The predicted molar refractivity (Wildman–Crippen MR) is 107 cm³/mol. The number of H-pyrrole nitrogens is 1. The van der Waals surface area contributed by atoms with Gasteiger partial charge in [0.15, 0.2) is 0 Å². The summed E-state index contributed by atoms with van der Waals surface area (Å²) in [5.41, 5.74) is 2.06. The average molecular weight is 469 g/mol. The Kier molecular flexibility index (Phi) is 4.46. The van der Waals surface area contributed by atoms with Crippen LogP contribution in [0.4, 0.5) is 13.2 Å². The molecule has 0 aromatic carbocycles. The summed E-state index contributed by atoms with van der Waals surface area (Å²) in [6.45, 7) is -2.56. The minimum Gasteiger partial charge on any atom is -0.411 e. The minimum atomic E-state index is -2.83. The van der Waals surface area contributed by atoms with E-state index in [2.05, 4.69) is 30.4 Å². The molecule has 1 atom stereocenters. The van der Waals surface area contributed by atoms with E-state index in [0.717, 1.165) is 11.9 Å². The van der Waals surface area contributed by atoms with Crippen molar-refractivity contribution in [2.75, 3.05) is 6.54 Å². The molecule has 0 bridgehead atoms. The number of amides is 1. The summed E-state index contributed by atoms with van der Waals surface area (Å²) < 4.78 is 47.2. The quantitative estimate of drug-likeness (QED) is 0.429. The predicted octanol–water partition coefficient (Wildman–Crippen LogP) is 2.63. The van der Waals surface area contributed by atoms with Crippen LogP contribution in [0.3, 0.4) is 0 Å². The number of imidazole rings is 1. The van der Waals surface area contributed by atoms with Gasteiger partial charge in [0.2, 0.25) is 0 Å². The zero-order chi connectivity index (χ0) is 23.4. The van der Waals surface area contributed by atoms with E-state index in [0.29, 0.717) is 22.5 Å². The van der Waals surface area contributed by atoms with Crippen molar-refractivity contribution in [3.05, 3.63) is 71.8 Å². The molecule has 5 aromatic heterocycles. The highest BCUT2D eigenvalue weighted by molar-refractivity contribution is 5.90. The number of aromatic amines is 1. The maximum Gasteiger partial charge on any atom is 0.333 e. The van der Waals surface area contributed by atoms with Crippen LogP contribution < -0.4 is 0 Å². The Morgan fingerprint density at radius 3 is 2.88 bits per heavy atom. The number of rotatable bonds is 4. The van der Waals surface area contributed by atoms with E-state index in [1.165, 1.54) is 33.9 Å². The number of halogens is 3. The maximum absolute atomic E-state index is 14.3. The molecule has 0 saturated carbocycles. The number of hydrogen-bond acceptors (Lipinski definition) is 7. The molecule has 0 unspecified atom stereocenters. The van der Waals surface area contributed by atoms with Crippen molar-refractivity contribution in [3.8, 4) is 11.6 Å². The molecule has 1 N–H and O–H groups in total. The average Bonchev–Trinajstić information content (AvgIpc) is 3.62. The van der Waals surface area contributed by atoms with Crippen molar-refractivity contribution < 1.29 is 22.4 Å². The number of pyridine rings is 1. The lowest BCUT2D eigenvalue weighted by atomic mass is 9.99. The van der Waals surface area contributed by atoms with Crippen LogP contribution >= 0.6 is 0 Å². The number of nitrogens with zero attached hydrogens (tertiary/aromatic N) is 8. The highest BCUT2D eigenvalue weighted by atomic mass is 19.3. The molecule has 1 amide bonds. The van der Waals surface area contributed by atoms with Gasteiger partial charge in [-0.25, -0.2) is 18.6 Å². The summed E-state index contributed by atoms with van der Waals surface area (Å²) >= 11 is 0. The summed E-state index contributed by atoms with van der Waals surface area (Å²) in [4.78, 5) is 22.3. The van der Waals surface area contributed by atoms with E-state index in [-0.39, 0.29) is 29.5 Å². The Morgan fingerprint density at radius 1 is 1.21 bits per heavy atom. The summed E-state index contributed by atoms with van der Waals surface area (Å²) in [7, 11) is 0. The lowest BCUT2D eigenvalue weighted by molar-refractivity contribution is 0.0566. The molecule has 0 fully saturated rings. The molecule has 6 rings (SSSR count). The third-order valence-electron chi connectivity index (χ3n) is 5.57. The van der Waals surface area contributed by atoms with Crippen LogP contribution in [0.2, 0.25) is 0 Å². The van der Waals surface area contributed by atoms with Crippen molar-refractivity contribution in [3.63, 3.8) is 0 Å². The lowest BCUT2D eigenvalue weighted by Crippen LogP contribution is -2.41. The van der Waals surface area contributed by atoms with E-state index in [1.807, 2.05) is 0 Å². The molecule has 1 aliphatic rings. The number of fused-ring (bicyclic) bond motifs is 2. The molecule has 5 aromatic rings. The van der Waals surface area contributed by atoms with Gasteiger partial charge in [-0.2, -0.15) is 19.0 Å². The van der Waals surface area contributed by atoms with Crippen LogP contribution in [-0.2, 0) is 6.42 Å². The second kappa shape index (κ2) is 7.54. The first-order valence-electron chi connectivity index (χ1n) is 10.1. The molecule has 0 spiro atoms. The maximum atomic E-state index is 14.3. The number of nitrogens with one attached hydrogen (secondary N) is 1. The zero-order valence-electron chi connectivity index (χ0n) is 17.1. The molecule has 0 saturated heterocycles. The van der Waals surface area contributed by atoms with Crippen LogP contribution in [0.15, 0.2) is 47.4 Å². The van der Waals surface area contributed by atoms with Gasteiger partial charge in [0.1, 0.15) is 23.1 Å². The lowest BCUT2D eigenvalue weighted by Gasteiger charge is -2.32.